The van der Waals surface area contributed by atoms with Crippen molar-refractivity contribution in [1.82, 2.24) is 4.90 Å². The minimum Gasteiger partial charge on any atom is -0.748 e. The molecule has 0 aromatic heterocycles. The Morgan fingerprint density at radius 2 is 2.00 bits per heavy atom. The van der Waals surface area contributed by atoms with Crippen LogP contribution in [0.2, 0.25) is 0 Å². The van der Waals surface area contributed by atoms with Crippen LogP contribution < -0.4 is 0 Å². The molecule has 0 aromatic carbocycles. The van der Waals surface area contributed by atoms with Gasteiger partial charge in [0.05, 0.1) is 16.7 Å². The lowest BCUT2D eigenvalue weighted by Gasteiger charge is -2.15. The van der Waals surface area contributed by atoms with E-state index in [1.807, 2.05) is 0 Å². The monoisotopic (exact) mass is 242 g/mol. The largest absolute Gasteiger partial charge is 0.748 e. The molecule has 1 fully saturated rings. The first-order valence-electron chi connectivity index (χ1n) is 4.82. The molecule has 1 rings (SSSR count). The van der Waals surface area contributed by atoms with Gasteiger partial charge >= 0.3 is 0 Å². The molecule has 15 heavy (non-hydrogen) atoms. The highest BCUT2D eigenvalue weighted by molar-refractivity contribution is 7.85. The Morgan fingerprint density at radius 1 is 1.33 bits per heavy atom. The molecule has 90 valence electrons. The maximum absolute atomic E-state index is 12.7. The van der Waals surface area contributed by atoms with E-state index in [4.69, 9.17) is 0 Å². The molecule has 4 nitrogen and oxygen atoms in total. The van der Waals surface area contributed by atoms with Crippen molar-refractivity contribution in [2.45, 2.75) is 25.2 Å². The van der Waals surface area contributed by atoms with E-state index in [1.54, 1.807) is 4.90 Å². The van der Waals surface area contributed by atoms with Gasteiger partial charge in [0.1, 0.15) is 0 Å². The summed E-state index contributed by atoms with van der Waals surface area (Å²) in [4.78, 5) is 1.59. The zero-order chi connectivity index (χ0) is 11.5. The van der Waals surface area contributed by atoms with Crippen molar-refractivity contribution >= 4 is 10.1 Å². The third-order valence-corrected chi connectivity index (χ3v) is 3.16. The van der Waals surface area contributed by atoms with Crippen LogP contribution in [0, 0.1) is 0 Å². The van der Waals surface area contributed by atoms with Crippen LogP contribution in [-0.2, 0) is 10.1 Å². The fourth-order valence-corrected chi connectivity index (χ4v) is 2.17. The van der Waals surface area contributed by atoms with E-state index in [0.29, 0.717) is 19.5 Å². The van der Waals surface area contributed by atoms with Crippen molar-refractivity contribution in [3.05, 3.63) is 0 Å². The maximum Gasteiger partial charge on any atom is 0.261 e. The van der Waals surface area contributed by atoms with Crippen molar-refractivity contribution in [1.29, 1.82) is 0 Å². The molecule has 0 aromatic rings. The summed E-state index contributed by atoms with van der Waals surface area (Å²) in [6.07, 6.45) is 0.582. The molecule has 0 radical (unpaired) electrons. The van der Waals surface area contributed by atoms with Crippen LogP contribution in [-0.4, -0.2) is 49.2 Å². The minimum absolute atomic E-state index is 0.132. The number of alkyl halides is 2. The SMILES string of the molecule is O=S(=O)([O-])CCCCN1CCC(F)(F)C1. The summed E-state index contributed by atoms with van der Waals surface area (Å²) >= 11 is 0. The summed E-state index contributed by atoms with van der Waals surface area (Å²) in [6, 6.07) is 0. The van der Waals surface area contributed by atoms with Crippen LogP contribution in [0.25, 0.3) is 0 Å². The molecule has 7 heteroatoms. The average molecular weight is 242 g/mol. The molecule has 0 bridgehead atoms. The van der Waals surface area contributed by atoms with Crippen LogP contribution in [0.1, 0.15) is 19.3 Å². The highest BCUT2D eigenvalue weighted by Crippen LogP contribution is 2.26. The molecule has 0 atom stereocenters. The topological polar surface area (TPSA) is 60.4 Å². The van der Waals surface area contributed by atoms with E-state index in [1.165, 1.54) is 0 Å². The van der Waals surface area contributed by atoms with Crippen LogP contribution >= 0.6 is 0 Å². The lowest BCUT2D eigenvalue weighted by Crippen LogP contribution is -2.26. The van der Waals surface area contributed by atoms with Crippen LogP contribution in [0.5, 0.6) is 0 Å². The van der Waals surface area contributed by atoms with E-state index in [0.717, 1.165) is 0 Å². The van der Waals surface area contributed by atoms with Crippen molar-refractivity contribution in [3.8, 4) is 0 Å². The molecule has 1 aliphatic rings. The van der Waals surface area contributed by atoms with Gasteiger partial charge in [-0.3, -0.25) is 4.90 Å². The van der Waals surface area contributed by atoms with Gasteiger partial charge in [0.2, 0.25) is 0 Å². The number of hydrogen-bond acceptors (Lipinski definition) is 4. The summed E-state index contributed by atoms with van der Waals surface area (Å²) in [5.74, 6) is -3.01. The highest BCUT2D eigenvalue weighted by Gasteiger charge is 2.37. The molecule has 0 N–H and O–H groups in total. The number of halogens is 2. The Hall–Kier alpha value is -0.270. The number of unbranched alkanes of at least 4 members (excludes halogenated alkanes) is 1. The first-order valence-corrected chi connectivity index (χ1v) is 6.40. The fourth-order valence-electron chi connectivity index (χ4n) is 1.61. The van der Waals surface area contributed by atoms with Gasteiger partial charge < -0.3 is 4.55 Å². The lowest BCUT2D eigenvalue weighted by molar-refractivity contribution is 0.0121. The molecule has 0 spiro atoms. The predicted molar refractivity (Wildman–Crippen MR) is 49.8 cm³/mol. The second-order valence-corrected chi connectivity index (χ2v) is 5.37. The second kappa shape index (κ2) is 4.71. The van der Waals surface area contributed by atoms with E-state index in [2.05, 4.69) is 0 Å². The summed E-state index contributed by atoms with van der Waals surface area (Å²) in [6.45, 7) is 0.527. The van der Waals surface area contributed by atoms with Gasteiger partial charge in [-0.15, -0.1) is 0 Å². The molecule has 0 unspecified atom stereocenters. The number of rotatable bonds is 5. The van der Waals surface area contributed by atoms with E-state index in [-0.39, 0.29) is 19.4 Å². The van der Waals surface area contributed by atoms with Gasteiger partial charge in [0.25, 0.3) is 5.92 Å². The fraction of sp³-hybridized carbons (Fsp3) is 1.00. The molecule has 1 aliphatic heterocycles. The molecule has 0 aliphatic carbocycles. The summed E-state index contributed by atoms with van der Waals surface area (Å²) < 4.78 is 56.1. The van der Waals surface area contributed by atoms with Crippen LogP contribution in [0.4, 0.5) is 8.78 Å². The maximum atomic E-state index is 12.7. The molecular weight excluding hydrogens is 228 g/mol. The summed E-state index contributed by atoms with van der Waals surface area (Å²) in [5, 5.41) is 0. The third kappa shape index (κ3) is 5.39. The zero-order valence-corrected chi connectivity index (χ0v) is 9.10. The minimum atomic E-state index is -4.16. The first kappa shape index (κ1) is 12.8. The molecule has 1 heterocycles. The Bertz CT molecular complexity index is 305. The second-order valence-electron chi connectivity index (χ2n) is 3.85. The molecule has 0 saturated carbocycles. The van der Waals surface area contributed by atoms with Gasteiger partial charge in [-0.05, 0) is 19.4 Å². The normalized spacial score (nSPS) is 22.1. The van der Waals surface area contributed by atoms with E-state index >= 15 is 0 Å². The molecule has 0 amide bonds. The van der Waals surface area contributed by atoms with Crippen molar-refractivity contribution in [2.75, 3.05) is 25.4 Å². The van der Waals surface area contributed by atoms with Crippen LogP contribution in [0.15, 0.2) is 0 Å². The lowest BCUT2D eigenvalue weighted by atomic mass is 10.3. The van der Waals surface area contributed by atoms with Crippen molar-refractivity contribution < 1.29 is 21.8 Å². The first-order chi connectivity index (χ1) is 6.79. The molecular formula is C8H14F2NO3S-. The Kier molecular flexibility index (Phi) is 4.02. The van der Waals surface area contributed by atoms with Gasteiger partial charge in [-0.2, -0.15) is 0 Å². The third-order valence-electron chi connectivity index (χ3n) is 2.37. The Balaban J connectivity index is 2.12. The molecule has 1 saturated heterocycles. The number of nitrogens with zero attached hydrogens (tertiary/aromatic N) is 1. The Morgan fingerprint density at radius 3 is 2.47 bits per heavy atom. The van der Waals surface area contributed by atoms with E-state index in [9.17, 15) is 21.8 Å². The van der Waals surface area contributed by atoms with Gasteiger partial charge in [-0.1, -0.05) is 0 Å². The van der Waals surface area contributed by atoms with Crippen LogP contribution in [0.3, 0.4) is 0 Å². The number of hydrogen-bond donors (Lipinski definition) is 0. The summed E-state index contributed by atoms with van der Waals surface area (Å²) in [5.41, 5.74) is 0. The number of likely N-dealkylation sites (tertiary alicyclic amines) is 1. The average Bonchev–Trinajstić information content (AvgIpc) is 2.38. The van der Waals surface area contributed by atoms with Gasteiger partial charge in [0, 0.05) is 18.7 Å². The van der Waals surface area contributed by atoms with E-state index < -0.39 is 21.8 Å². The van der Waals surface area contributed by atoms with Gasteiger partial charge in [-0.25, -0.2) is 17.2 Å². The predicted octanol–water partition coefficient (Wildman–Crippen LogP) is 0.653. The van der Waals surface area contributed by atoms with Crippen molar-refractivity contribution in [2.24, 2.45) is 0 Å². The highest BCUT2D eigenvalue weighted by atomic mass is 32.2. The standard InChI is InChI=1S/C8H15F2NO3S/c9-8(10)3-5-11(7-8)4-1-2-6-15(12,13)14/h1-7H2,(H,12,13,14)/p-1. The zero-order valence-electron chi connectivity index (χ0n) is 8.29. The van der Waals surface area contributed by atoms with Crippen molar-refractivity contribution in [3.63, 3.8) is 0 Å². The van der Waals surface area contributed by atoms with Gasteiger partial charge in [0.15, 0.2) is 0 Å². The smallest absolute Gasteiger partial charge is 0.261 e. The Labute approximate surface area is 88.0 Å². The quantitative estimate of drug-likeness (QED) is 0.524. The summed E-state index contributed by atoms with van der Waals surface area (Å²) in [7, 11) is -4.16.